The van der Waals surface area contributed by atoms with Gasteiger partial charge >= 0.3 is 0 Å². The maximum Gasteiger partial charge on any atom is 0.113 e. The maximum atomic E-state index is 9.31. The number of aromatic nitrogens is 1. The molecule has 0 spiro atoms. The van der Waals surface area contributed by atoms with Gasteiger partial charge in [-0.15, -0.1) is 11.8 Å². The molecule has 2 aromatic rings. The first-order valence-electron chi connectivity index (χ1n) is 5.05. The van der Waals surface area contributed by atoms with E-state index in [0.717, 1.165) is 16.4 Å². The Kier molecular flexibility index (Phi) is 3.64. The van der Waals surface area contributed by atoms with Crippen molar-refractivity contribution in [2.24, 2.45) is 0 Å². The van der Waals surface area contributed by atoms with Crippen molar-refractivity contribution in [3.8, 4) is 0 Å². The van der Waals surface area contributed by atoms with Crippen LogP contribution in [0.2, 0.25) is 0 Å². The molecule has 2 heterocycles. The third kappa shape index (κ3) is 2.87. The van der Waals surface area contributed by atoms with Crippen molar-refractivity contribution in [1.82, 2.24) is 4.98 Å². The molecule has 0 fully saturated rings. The zero-order valence-corrected chi connectivity index (χ0v) is 9.78. The summed E-state index contributed by atoms with van der Waals surface area (Å²) in [4.78, 5) is 5.25. The third-order valence-corrected chi connectivity index (χ3v) is 3.15. The van der Waals surface area contributed by atoms with Gasteiger partial charge in [0.15, 0.2) is 0 Å². The molecule has 2 aromatic heterocycles. The van der Waals surface area contributed by atoms with Crippen LogP contribution in [0.1, 0.15) is 24.5 Å². The first kappa shape index (κ1) is 11.2. The van der Waals surface area contributed by atoms with Crippen LogP contribution in [-0.2, 0) is 5.75 Å². The molecule has 0 amide bonds. The van der Waals surface area contributed by atoms with Crippen molar-refractivity contribution >= 4 is 11.8 Å². The van der Waals surface area contributed by atoms with Gasteiger partial charge in [-0.05, 0) is 31.2 Å². The van der Waals surface area contributed by atoms with Crippen molar-refractivity contribution in [1.29, 1.82) is 0 Å². The number of hydrogen-bond acceptors (Lipinski definition) is 4. The lowest BCUT2D eigenvalue weighted by Crippen LogP contribution is -1.94. The van der Waals surface area contributed by atoms with Gasteiger partial charge in [0.25, 0.3) is 0 Å². The summed E-state index contributed by atoms with van der Waals surface area (Å²) >= 11 is 1.66. The molecule has 84 valence electrons. The summed E-state index contributed by atoms with van der Waals surface area (Å²) < 4.78 is 5.24. The fourth-order valence-corrected chi connectivity index (χ4v) is 2.04. The summed E-state index contributed by atoms with van der Waals surface area (Å²) in [5.41, 5.74) is 0.697. The summed E-state index contributed by atoms with van der Waals surface area (Å²) in [6.45, 7) is 1.71. The Bertz CT molecular complexity index is 423. The van der Waals surface area contributed by atoms with Gasteiger partial charge < -0.3 is 9.52 Å². The van der Waals surface area contributed by atoms with Crippen molar-refractivity contribution in [3.05, 3.63) is 48.2 Å². The van der Waals surface area contributed by atoms with E-state index in [2.05, 4.69) is 4.98 Å². The predicted molar refractivity (Wildman–Crippen MR) is 63.1 cm³/mol. The zero-order valence-electron chi connectivity index (χ0n) is 8.96. The number of hydrogen-bond donors (Lipinski definition) is 1. The molecule has 0 aliphatic rings. The zero-order chi connectivity index (χ0) is 11.4. The average Bonchev–Trinajstić information content (AvgIpc) is 2.80. The lowest BCUT2D eigenvalue weighted by molar-refractivity contribution is 0.194. The minimum Gasteiger partial charge on any atom is -0.468 e. The number of rotatable bonds is 4. The molecule has 0 saturated heterocycles. The third-order valence-electron chi connectivity index (χ3n) is 2.15. The van der Waals surface area contributed by atoms with Gasteiger partial charge in [-0.3, -0.25) is 4.98 Å². The van der Waals surface area contributed by atoms with Crippen LogP contribution < -0.4 is 0 Å². The Morgan fingerprint density at radius 3 is 2.88 bits per heavy atom. The van der Waals surface area contributed by atoms with Gasteiger partial charge in [0, 0.05) is 11.1 Å². The van der Waals surface area contributed by atoms with Crippen LogP contribution in [0, 0.1) is 0 Å². The Balaban J connectivity index is 1.95. The van der Waals surface area contributed by atoms with E-state index >= 15 is 0 Å². The monoisotopic (exact) mass is 235 g/mol. The van der Waals surface area contributed by atoms with Crippen LogP contribution >= 0.6 is 11.8 Å². The molecule has 1 N–H and O–H groups in total. The topological polar surface area (TPSA) is 46.3 Å². The van der Waals surface area contributed by atoms with E-state index in [-0.39, 0.29) is 0 Å². The quantitative estimate of drug-likeness (QED) is 0.827. The first-order valence-corrected chi connectivity index (χ1v) is 6.03. The van der Waals surface area contributed by atoms with Gasteiger partial charge in [-0.2, -0.15) is 0 Å². The van der Waals surface area contributed by atoms with E-state index in [9.17, 15) is 5.11 Å². The van der Waals surface area contributed by atoms with Crippen molar-refractivity contribution in [2.45, 2.75) is 23.7 Å². The fourth-order valence-electron chi connectivity index (χ4n) is 1.27. The SMILES string of the molecule is CC(O)c1ccc(SCc2ccco2)cn1. The summed E-state index contributed by atoms with van der Waals surface area (Å²) in [6.07, 6.45) is 2.93. The largest absolute Gasteiger partial charge is 0.468 e. The Hall–Kier alpha value is -1.26. The fraction of sp³-hybridized carbons (Fsp3) is 0.250. The van der Waals surface area contributed by atoms with E-state index < -0.39 is 6.10 Å². The van der Waals surface area contributed by atoms with Crippen molar-refractivity contribution in [3.63, 3.8) is 0 Å². The maximum absolute atomic E-state index is 9.31. The van der Waals surface area contributed by atoms with Crippen molar-refractivity contribution in [2.75, 3.05) is 0 Å². The van der Waals surface area contributed by atoms with E-state index in [1.54, 1.807) is 31.1 Å². The Morgan fingerprint density at radius 1 is 1.44 bits per heavy atom. The number of aliphatic hydroxyl groups is 1. The molecule has 0 saturated carbocycles. The minimum absolute atomic E-state index is 0.510. The molecule has 2 rings (SSSR count). The molecule has 0 aliphatic carbocycles. The molecular formula is C12H13NO2S. The second-order valence-corrected chi connectivity index (χ2v) is 4.51. The molecule has 3 nitrogen and oxygen atoms in total. The second kappa shape index (κ2) is 5.18. The van der Waals surface area contributed by atoms with E-state index in [1.807, 2.05) is 24.3 Å². The lowest BCUT2D eigenvalue weighted by atomic mass is 10.2. The normalized spacial score (nSPS) is 12.6. The number of pyridine rings is 1. The smallest absolute Gasteiger partial charge is 0.113 e. The van der Waals surface area contributed by atoms with Gasteiger partial charge in [-0.25, -0.2) is 0 Å². The summed E-state index contributed by atoms with van der Waals surface area (Å²) in [5.74, 6) is 1.74. The van der Waals surface area contributed by atoms with Crippen LogP contribution in [0.4, 0.5) is 0 Å². The molecule has 1 unspecified atom stereocenters. The second-order valence-electron chi connectivity index (χ2n) is 3.46. The molecule has 0 aliphatic heterocycles. The van der Waals surface area contributed by atoms with Crippen LogP contribution in [0.5, 0.6) is 0 Å². The molecule has 1 atom stereocenters. The molecule has 0 aromatic carbocycles. The van der Waals surface area contributed by atoms with Crippen LogP contribution in [0.25, 0.3) is 0 Å². The van der Waals surface area contributed by atoms with Gasteiger partial charge in [0.1, 0.15) is 5.76 Å². The summed E-state index contributed by atoms with van der Waals surface area (Å²) in [7, 11) is 0. The summed E-state index contributed by atoms with van der Waals surface area (Å²) in [6, 6.07) is 7.63. The van der Waals surface area contributed by atoms with Gasteiger partial charge in [0.05, 0.1) is 23.8 Å². The number of nitrogens with zero attached hydrogens (tertiary/aromatic N) is 1. The number of thioether (sulfide) groups is 1. The molecular weight excluding hydrogens is 222 g/mol. The highest BCUT2D eigenvalue weighted by molar-refractivity contribution is 7.98. The van der Waals surface area contributed by atoms with Gasteiger partial charge in [0.2, 0.25) is 0 Å². The van der Waals surface area contributed by atoms with Crippen molar-refractivity contribution < 1.29 is 9.52 Å². The van der Waals surface area contributed by atoms with Gasteiger partial charge in [-0.1, -0.05) is 0 Å². The minimum atomic E-state index is -0.510. The van der Waals surface area contributed by atoms with Crippen LogP contribution in [0.3, 0.4) is 0 Å². The van der Waals surface area contributed by atoms with Crippen LogP contribution in [-0.4, -0.2) is 10.1 Å². The van der Waals surface area contributed by atoms with Crippen LogP contribution in [0.15, 0.2) is 46.0 Å². The predicted octanol–water partition coefficient (Wildman–Crippen LogP) is 3.02. The molecule has 0 bridgehead atoms. The number of furan rings is 1. The highest BCUT2D eigenvalue weighted by Gasteiger charge is 2.03. The lowest BCUT2D eigenvalue weighted by Gasteiger charge is -2.04. The number of aliphatic hydroxyl groups excluding tert-OH is 1. The average molecular weight is 235 g/mol. The molecule has 4 heteroatoms. The molecule has 16 heavy (non-hydrogen) atoms. The first-order chi connectivity index (χ1) is 7.75. The van der Waals surface area contributed by atoms with E-state index in [0.29, 0.717) is 5.69 Å². The molecule has 0 radical (unpaired) electrons. The standard InChI is InChI=1S/C12H13NO2S/c1-9(14)12-5-4-11(7-13-12)16-8-10-3-2-6-15-10/h2-7,9,14H,8H2,1H3. The van der Waals surface area contributed by atoms with E-state index in [1.165, 1.54) is 0 Å². The van der Waals surface area contributed by atoms with E-state index in [4.69, 9.17) is 4.42 Å². The highest BCUT2D eigenvalue weighted by atomic mass is 32.2. The Labute approximate surface area is 98.5 Å². The summed E-state index contributed by atoms with van der Waals surface area (Å²) in [5, 5.41) is 9.31. The Morgan fingerprint density at radius 2 is 2.31 bits per heavy atom. The highest BCUT2D eigenvalue weighted by Crippen LogP contribution is 2.23.